The second kappa shape index (κ2) is 13.7. The van der Waals surface area contributed by atoms with E-state index >= 15 is 0 Å². The van der Waals surface area contributed by atoms with Gasteiger partial charge in [-0.15, -0.1) is 0 Å². The fourth-order valence-corrected chi connectivity index (χ4v) is 10.2. The molecular formula is C59H44N2O. The summed E-state index contributed by atoms with van der Waals surface area (Å²) in [5, 5.41) is 3.83. The zero-order valence-electron chi connectivity index (χ0n) is 39.6. The third-order valence-corrected chi connectivity index (χ3v) is 12.9. The van der Waals surface area contributed by atoms with E-state index < -0.39 is 11.5 Å². The lowest BCUT2D eigenvalue weighted by Crippen LogP contribution is -2.28. The first kappa shape index (κ1) is 31.3. The number of para-hydroxylation sites is 3. The number of anilines is 3. The fourth-order valence-electron chi connectivity index (χ4n) is 10.2. The number of nitrogens with zero attached hydrogens (tertiary/aromatic N) is 2. The standard InChI is InChI=1S/C59H44N2O/c1-58(2,3)39-31-33-43(34-32-39)60(44-35-36-52-48(37-44)45-25-14-17-29-51(45)61(52)42-23-11-6-12-24-42)53-38-50-55(56-47-27-15-18-30-54(47)62-57(53)56)46-26-13-16-28-49(46)59(50,40-19-7-4-8-20-40)41-21-9-5-10-22-41/h4-38H,1-3H3/i6D,11D,12D,23D,24D. The van der Waals surface area contributed by atoms with Crippen LogP contribution in [0.15, 0.2) is 217 Å². The Morgan fingerprint density at radius 2 is 1.16 bits per heavy atom. The average molecular weight is 802 g/mol. The van der Waals surface area contributed by atoms with E-state index in [9.17, 15) is 0 Å². The summed E-state index contributed by atoms with van der Waals surface area (Å²) in [6.45, 7) is 6.67. The normalized spacial score (nSPS) is 14.3. The summed E-state index contributed by atoms with van der Waals surface area (Å²) >= 11 is 0. The van der Waals surface area contributed by atoms with Crippen molar-refractivity contribution in [3.8, 4) is 16.8 Å². The highest BCUT2D eigenvalue weighted by molar-refractivity contribution is 6.20. The molecule has 62 heavy (non-hydrogen) atoms. The van der Waals surface area contributed by atoms with Crippen molar-refractivity contribution in [3.05, 3.63) is 240 Å². The molecule has 1 aliphatic carbocycles. The predicted molar refractivity (Wildman–Crippen MR) is 259 cm³/mol. The van der Waals surface area contributed by atoms with E-state index in [2.05, 4.69) is 171 Å². The number of hydrogen-bond donors (Lipinski definition) is 0. The molecule has 0 saturated carbocycles. The first-order chi connectivity index (χ1) is 32.5. The summed E-state index contributed by atoms with van der Waals surface area (Å²) in [5.41, 5.74) is 13.2. The molecule has 3 heteroatoms. The van der Waals surface area contributed by atoms with Gasteiger partial charge in [0.2, 0.25) is 0 Å². The Kier molecular flexibility index (Phi) is 6.91. The Morgan fingerprint density at radius 3 is 1.89 bits per heavy atom. The molecule has 0 bridgehead atoms. The van der Waals surface area contributed by atoms with Gasteiger partial charge in [-0.25, -0.2) is 0 Å². The minimum absolute atomic E-state index is 0.0795. The molecule has 0 N–H and O–H groups in total. The van der Waals surface area contributed by atoms with Crippen molar-refractivity contribution in [1.82, 2.24) is 4.57 Å². The van der Waals surface area contributed by atoms with Crippen LogP contribution in [0.3, 0.4) is 0 Å². The number of fused-ring (bicyclic) bond motifs is 10. The van der Waals surface area contributed by atoms with E-state index in [4.69, 9.17) is 11.3 Å². The molecule has 0 amide bonds. The molecule has 0 aliphatic heterocycles. The minimum Gasteiger partial charge on any atom is -0.454 e. The molecule has 0 radical (unpaired) electrons. The van der Waals surface area contributed by atoms with Crippen LogP contribution in [0.2, 0.25) is 0 Å². The van der Waals surface area contributed by atoms with Crippen LogP contribution >= 0.6 is 0 Å². The van der Waals surface area contributed by atoms with Crippen LogP contribution < -0.4 is 4.90 Å². The van der Waals surface area contributed by atoms with E-state index in [1.54, 1.807) is 0 Å². The summed E-state index contributed by atoms with van der Waals surface area (Å²) in [5.74, 6) is 0. The van der Waals surface area contributed by atoms with Gasteiger partial charge >= 0.3 is 0 Å². The van der Waals surface area contributed by atoms with Gasteiger partial charge in [0, 0.05) is 38.6 Å². The van der Waals surface area contributed by atoms with Crippen LogP contribution in [0, 0.1) is 0 Å². The second-order valence-electron chi connectivity index (χ2n) is 17.3. The van der Waals surface area contributed by atoms with Gasteiger partial charge in [0.25, 0.3) is 0 Å². The molecule has 11 aromatic rings. The fraction of sp³-hybridized carbons (Fsp3) is 0.0847. The first-order valence-corrected chi connectivity index (χ1v) is 21.2. The molecule has 0 saturated heterocycles. The summed E-state index contributed by atoms with van der Waals surface area (Å²) in [6, 6.07) is 62.4. The van der Waals surface area contributed by atoms with Crippen molar-refractivity contribution in [2.45, 2.75) is 31.6 Å². The van der Waals surface area contributed by atoms with Crippen molar-refractivity contribution in [2.24, 2.45) is 0 Å². The molecule has 0 spiro atoms. The quantitative estimate of drug-likeness (QED) is 0.167. The smallest absolute Gasteiger partial charge is 0.160 e. The van der Waals surface area contributed by atoms with Crippen LogP contribution in [-0.4, -0.2) is 4.57 Å². The third-order valence-electron chi connectivity index (χ3n) is 12.9. The third kappa shape index (κ3) is 5.24. The average Bonchev–Trinajstić information content (AvgIpc) is 4.00. The SMILES string of the molecule is [2H]c1c([2H])c([2H])c(-n2c3ccccc3c3cc(N(c4ccc(C(C)(C)C)cc4)c4cc5c(c6c4oc4ccccc46)-c4ccccc4C5(c4ccccc4)c4ccccc4)ccc32)c([2H])c1[2H]. The lowest BCUT2D eigenvalue weighted by molar-refractivity contribution is 0.590. The number of hydrogen-bond acceptors (Lipinski definition) is 2. The largest absolute Gasteiger partial charge is 0.454 e. The van der Waals surface area contributed by atoms with Gasteiger partial charge in [-0.05, 0) is 105 Å². The molecule has 0 unspecified atom stereocenters. The zero-order chi connectivity index (χ0) is 45.9. The van der Waals surface area contributed by atoms with E-state index in [-0.39, 0.29) is 35.3 Å². The van der Waals surface area contributed by atoms with Crippen LogP contribution in [0.4, 0.5) is 17.1 Å². The molecule has 296 valence electrons. The molecule has 1 aliphatic rings. The molecule has 3 nitrogen and oxygen atoms in total. The number of benzene rings is 9. The van der Waals surface area contributed by atoms with Crippen LogP contribution in [-0.2, 0) is 10.8 Å². The highest BCUT2D eigenvalue weighted by Crippen LogP contribution is 2.61. The Labute approximate surface area is 368 Å². The molecule has 2 aromatic heterocycles. The van der Waals surface area contributed by atoms with Gasteiger partial charge in [0.15, 0.2) is 5.58 Å². The van der Waals surface area contributed by atoms with E-state index in [1.165, 1.54) is 11.1 Å². The van der Waals surface area contributed by atoms with E-state index in [0.29, 0.717) is 0 Å². The molecule has 12 rings (SSSR count). The van der Waals surface area contributed by atoms with Crippen LogP contribution in [0.5, 0.6) is 0 Å². The summed E-state index contributed by atoms with van der Waals surface area (Å²) in [6.07, 6.45) is 0. The molecule has 9 aromatic carbocycles. The predicted octanol–water partition coefficient (Wildman–Crippen LogP) is 15.8. The number of furan rings is 1. The molecule has 0 fully saturated rings. The van der Waals surface area contributed by atoms with Gasteiger partial charge in [-0.3, -0.25) is 0 Å². The zero-order valence-corrected chi connectivity index (χ0v) is 34.6. The summed E-state index contributed by atoms with van der Waals surface area (Å²) in [7, 11) is 0. The highest BCUT2D eigenvalue weighted by atomic mass is 16.3. The van der Waals surface area contributed by atoms with Crippen LogP contribution in [0.25, 0.3) is 60.6 Å². The van der Waals surface area contributed by atoms with Crippen molar-refractivity contribution < 1.29 is 11.3 Å². The number of aromatic nitrogens is 1. The van der Waals surface area contributed by atoms with Gasteiger partial charge in [-0.1, -0.05) is 172 Å². The van der Waals surface area contributed by atoms with Crippen molar-refractivity contribution in [2.75, 3.05) is 4.90 Å². The minimum atomic E-state index is -0.696. The highest BCUT2D eigenvalue weighted by Gasteiger charge is 2.48. The molecule has 2 heterocycles. The monoisotopic (exact) mass is 801 g/mol. The maximum Gasteiger partial charge on any atom is 0.160 e. The van der Waals surface area contributed by atoms with Gasteiger partial charge in [0.1, 0.15) is 5.58 Å². The maximum absolute atomic E-state index is 9.03. The van der Waals surface area contributed by atoms with Gasteiger partial charge in [0.05, 0.1) is 29.0 Å². The Bertz CT molecular complexity index is 3720. The van der Waals surface area contributed by atoms with Crippen LogP contribution in [0.1, 0.15) is 55.4 Å². The van der Waals surface area contributed by atoms with Gasteiger partial charge in [-0.2, -0.15) is 0 Å². The lowest BCUT2D eigenvalue weighted by Gasteiger charge is -2.35. The summed E-state index contributed by atoms with van der Waals surface area (Å²) < 4.78 is 52.6. The Balaban J connectivity index is 1.22. The Morgan fingerprint density at radius 1 is 0.548 bits per heavy atom. The summed E-state index contributed by atoms with van der Waals surface area (Å²) in [4.78, 5) is 2.30. The second-order valence-corrected chi connectivity index (χ2v) is 17.3. The van der Waals surface area contributed by atoms with E-state index in [0.717, 1.165) is 88.6 Å². The van der Waals surface area contributed by atoms with Crippen molar-refractivity contribution >= 4 is 60.8 Å². The van der Waals surface area contributed by atoms with Crippen molar-refractivity contribution in [3.63, 3.8) is 0 Å². The molecular weight excluding hydrogens is 753 g/mol. The first-order valence-electron chi connectivity index (χ1n) is 23.7. The van der Waals surface area contributed by atoms with E-state index in [1.807, 2.05) is 41.0 Å². The molecule has 0 atom stereocenters. The topological polar surface area (TPSA) is 21.3 Å². The van der Waals surface area contributed by atoms with Crippen molar-refractivity contribution in [1.29, 1.82) is 0 Å². The lowest BCUT2D eigenvalue weighted by atomic mass is 9.67. The number of rotatable bonds is 6. The van der Waals surface area contributed by atoms with Gasteiger partial charge < -0.3 is 13.9 Å². The maximum atomic E-state index is 9.03. The Hall–Kier alpha value is -7.62.